The zero-order valence-corrected chi connectivity index (χ0v) is 13.1. The van der Waals surface area contributed by atoms with E-state index in [0.717, 1.165) is 17.7 Å². The van der Waals surface area contributed by atoms with Crippen LogP contribution in [0.1, 0.15) is 25.0 Å². The van der Waals surface area contributed by atoms with Crippen LogP contribution in [0.25, 0.3) is 11.1 Å². The third-order valence-electron chi connectivity index (χ3n) is 3.89. The van der Waals surface area contributed by atoms with Crippen LogP contribution < -0.4 is 9.47 Å². The Balaban J connectivity index is 2.19. The second-order valence-corrected chi connectivity index (χ2v) is 6.25. The maximum Gasteiger partial charge on any atom is 0.416 e. The number of ether oxygens (including phenoxy) is 2. The van der Waals surface area contributed by atoms with Crippen molar-refractivity contribution in [1.29, 1.82) is 0 Å². The van der Waals surface area contributed by atoms with Gasteiger partial charge in [0.15, 0.2) is 0 Å². The molecule has 0 amide bonds. The SMILES string of the molecule is COc1ccc2c(c1-c1cccc(C(F)(F)F)c1)OC(C)(C)C2. The van der Waals surface area contributed by atoms with Gasteiger partial charge in [-0.3, -0.25) is 0 Å². The number of hydrogen-bond donors (Lipinski definition) is 0. The molecule has 1 aliphatic rings. The van der Waals surface area contributed by atoms with Crippen molar-refractivity contribution < 1.29 is 22.6 Å². The molecular weight excluding hydrogens is 305 g/mol. The summed E-state index contributed by atoms with van der Waals surface area (Å²) in [7, 11) is 1.50. The van der Waals surface area contributed by atoms with E-state index in [-0.39, 0.29) is 5.60 Å². The van der Waals surface area contributed by atoms with Crippen molar-refractivity contribution >= 4 is 0 Å². The second kappa shape index (κ2) is 5.18. The lowest BCUT2D eigenvalue weighted by Gasteiger charge is -2.19. The molecule has 0 aliphatic carbocycles. The van der Waals surface area contributed by atoms with E-state index in [2.05, 4.69) is 0 Å². The van der Waals surface area contributed by atoms with Crippen molar-refractivity contribution in [2.45, 2.75) is 32.0 Å². The maximum absolute atomic E-state index is 13.0. The summed E-state index contributed by atoms with van der Waals surface area (Å²) in [5.41, 5.74) is 0.911. The predicted octanol–water partition coefficient (Wildman–Crippen LogP) is 5.09. The molecule has 2 aromatic carbocycles. The summed E-state index contributed by atoms with van der Waals surface area (Å²) in [5.74, 6) is 1.11. The number of methoxy groups -OCH3 is 1. The van der Waals surface area contributed by atoms with Crippen molar-refractivity contribution in [2.24, 2.45) is 0 Å². The highest BCUT2D eigenvalue weighted by atomic mass is 19.4. The molecule has 0 N–H and O–H groups in total. The zero-order valence-electron chi connectivity index (χ0n) is 13.1. The molecule has 0 bridgehead atoms. The van der Waals surface area contributed by atoms with Gasteiger partial charge in [0, 0.05) is 6.42 Å². The van der Waals surface area contributed by atoms with Gasteiger partial charge in [0.25, 0.3) is 0 Å². The number of fused-ring (bicyclic) bond motifs is 1. The van der Waals surface area contributed by atoms with Crippen LogP contribution in [0, 0.1) is 0 Å². The topological polar surface area (TPSA) is 18.5 Å². The quantitative estimate of drug-likeness (QED) is 0.766. The summed E-state index contributed by atoms with van der Waals surface area (Å²) in [6, 6.07) is 8.91. The van der Waals surface area contributed by atoms with Crippen LogP contribution in [0.3, 0.4) is 0 Å². The van der Waals surface area contributed by atoms with Crippen molar-refractivity contribution in [1.82, 2.24) is 0 Å². The van der Waals surface area contributed by atoms with Crippen LogP contribution in [-0.4, -0.2) is 12.7 Å². The largest absolute Gasteiger partial charge is 0.496 e. The van der Waals surface area contributed by atoms with Crippen molar-refractivity contribution in [3.63, 3.8) is 0 Å². The summed E-state index contributed by atoms with van der Waals surface area (Å²) < 4.78 is 50.3. The van der Waals surface area contributed by atoms with Gasteiger partial charge in [-0.05, 0) is 43.2 Å². The molecule has 0 radical (unpaired) electrons. The van der Waals surface area contributed by atoms with Crippen LogP contribution in [0.5, 0.6) is 11.5 Å². The highest BCUT2D eigenvalue weighted by Crippen LogP contribution is 2.47. The van der Waals surface area contributed by atoms with Gasteiger partial charge in [-0.2, -0.15) is 13.2 Å². The average molecular weight is 322 g/mol. The Hall–Kier alpha value is -2.17. The van der Waals surface area contributed by atoms with Gasteiger partial charge in [0.2, 0.25) is 0 Å². The third kappa shape index (κ3) is 2.87. The zero-order chi connectivity index (χ0) is 16.8. The van der Waals surface area contributed by atoms with E-state index in [1.165, 1.54) is 13.2 Å². The summed E-state index contributed by atoms with van der Waals surface area (Å²) in [6.07, 6.45) is -3.68. The smallest absolute Gasteiger partial charge is 0.416 e. The van der Waals surface area contributed by atoms with Gasteiger partial charge >= 0.3 is 6.18 Å². The van der Waals surface area contributed by atoms with E-state index in [9.17, 15) is 13.2 Å². The molecule has 23 heavy (non-hydrogen) atoms. The summed E-state index contributed by atoms with van der Waals surface area (Å²) in [4.78, 5) is 0. The Labute approximate surface area is 132 Å². The number of halogens is 3. The molecule has 2 aromatic rings. The van der Waals surface area contributed by atoms with Gasteiger partial charge < -0.3 is 9.47 Å². The molecular formula is C18H17F3O2. The Morgan fingerprint density at radius 3 is 2.52 bits per heavy atom. The Morgan fingerprint density at radius 1 is 1.13 bits per heavy atom. The minimum absolute atomic E-state index is 0.384. The molecule has 0 saturated heterocycles. The van der Waals surface area contributed by atoms with Gasteiger partial charge in [0.05, 0.1) is 18.2 Å². The van der Waals surface area contributed by atoms with Crippen LogP contribution in [0.2, 0.25) is 0 Å². The van der Waals surface area contributed by atoms with Gasteiger partial charge in [0.1, 0.15) is 17.1 Å². The molecule has 0 spiro atoms. The fourth-order valence-electron chi connectivity index (χ4n) is 2.93. The highest BCUT2D eigenvalue weighted by molar-refractivity contribution is 5.79. The van der Waals surface area contributed by atoms with E-state index in [0.29, 0.717) is 29.0 Å². The van der Waals surface area contributed by atoms with Crippen LogP contribution >= 0.6 is 0 Å². The van der Waals surface area contributed by atoms with E-state index >= 15 is 0 Å². The standard InChI is InChI=1S/C18H17F3O2/c1-17(2)10-12-7-8-14(22-3)15(16(12)23-17)11-5-4-6-13(9-11)18(19,20)21/h4-9H,10H2,1-3H3. The number of benzene rings is 2. The van der Waals surface area contributed by atoms with E-state index < -0.39 is 11.7 Å². The lowest BCUT2D eigenvalue weighted by atomic mass is 9.96. The third-order valence-corrected chi connectivity index (χ3v) is 3.89. The number of rotatable bonds is 2. The van der Waals surface area contributed by atoms with Crippen molar-refractivity contribution in [3.8, 4) is 22.6 Å². The van der Waals surface area contributed by atoms with Crippen LogP contribution in [0.4, 0.5) is 13.2 Å². The molecule has 3 rings (SSSR count). The predicted molar refractivity (Wildman–Crippen MR) is 81.8 cm³/mol. The van der Waals surface area contributed by atoms with Crippen molar-refractivity contribution in [2.75, 3.05) is 7.11 Å². The molecule has 1 heterocycles. The second-order valence-electron chi connectivity index (χ2n) is 6.25. The molecule has 0 unspecified atom stereocenters. The normalized spacial score (nSPS) is 15.9. The molecule has 0 saturated carbocycles. The Morgan fingerprint density at radius 2 is 1.87 bits per heavy atom. The Kier molecular flexibility index (Phi) is 3.54. The van der Waals surface area contributed by atoms with Gasteiger partial charge in [-0.15, -0.1) is 0 Å². The summed E-state index contributed by atoms with van der Waals surface area (Å²) in [6.45, 7) is 3.91. The van der Waals surface area contributed by atoms with E-state index in [1.54, 1.807) is 12.1 Å². The van der Waals surface area contributed by atoms with Crippen LogP contribution in [0.15, 0.2) is 36.4 Å². The Bertz CT molecular complexity index is 748. The first-order chi connectivity index (χ1) is 10.7. The molecule has 5 heteroatoms. The molecule has 0 fully saturated rings. The lowest BCUT2D eigenvalue weighted by Crippen LogP contribution is -2.24. The average Bonchev–Trinajstić information content (AvgIpc) is 2.79. The monoisotopic (exact) mass is 322 g/mol. The fourth-order valence-corrected chi connectivity index (χ4v) is 2.93. The van der Waals surface area contributed by atoms with Crippen LogP contribution in [-0.2, 0) is 12.6 Å². The first-order valence-electron chi connectivity index (χ1n) is 7.28. The van der Waals surface area contributed by atoms with E-state index in [1.807, 2.05) is 19.9 Å². The lowest BCUT2D eigenvalue weighted by molar-refractivity contribution is -0.137. The highest BCUT2D eigenvalue weighted by Gasteiger charge is 2.35. The minimum atomic E-state index is -4.39. The number of alkyl halides is 3. The molecule has 2 nitrogen and oxygen atoms in total. The first-order valence-corrected chi connectivity index (χ1v) is 7.28. The molecule has 0 atom stereocenters. The van der Waals surface area contributed by atoms with Gasteiger partial charge in [-0.1, -0.05) is 18.2 Å². The molecule has 1 aliphatic heterocycles. The minimum Gasteiger partial charge on any atom is -0.496 e. The maximum atomic E-state index is 13.0. The summed E-state index contributed by atoms with van der Waals surface area (Å²) in [5, 5.41) is 0. The van der Waals surface area contributed by atoms with Gasteiger partial charge in [-0.25, -0.2) is 0 Å². The van der Waals surface area contributed by atoms with Crippen molar-refractivity contribution in [3.05, 3.63) is 47.5 Å². The fraction of sp³-hybridized carbons (Fsp3) is 0.333. The first kappa shape index (κ1) is 15.7. The number of hydrogen-bond acceptors (Lipinski definition) is 2. The van der Waals surface area contributed by atoms with E-state index in [4.69, 9.17) is 9.47 Å². The molecule has 122 valence electrons. The molecule has 0 aromatic heterocycles. The summed E-state index contributed by atoms with van der Waals surface area (Å²) >= 11 is 0.